The van der Waals surface area contributed by atoms with E-state index in [-0.39, 0.29) is 23.1 Å². The molecule has 23 heavy (non-hydrogen) atoms. The minimum absolute atomic E-state index is 0.0463. The fraction of sp³-hybridized carbons (Fsp3) is 0. The summed E-state index contributed by atoms with van der Waals surface area (Å²) < 4.78 is 0.919. The van der Waals surface area contributed by atoms with Crippen molar-refractivity contribution in [3.05, 3.63) is 58.7 Å². The summed E-state index contributed by atoms with van der Waals surface area (Å²) in [5, 5.41) is 28.5. The first kappa shape index (κ1) is 15.1. The van der Waals surface area contributed by atoms with Crippen molar-refractivity contribution in [1.82, 2.24) is 10.2 Å². The summed E-state index contributed by atoms with van der Waals surface area (Å²) in [6.07, 6.45) is 0. The number of nitrogens with zero attached hydrogens (tertiary/aromatic N) is 1. The Balaban J connectivity index is 1.81. The van der Waals surface area contributed by atoms with Gasteiger partial charge in [-0.05, 0) is 42.5 Å². The molecule has 6 nitrogen and oxygen atoms in total. The lowest BCUT2D eigenvalue weighted by Gasteiger charge is -2.03. The third-order valence-corrected chi connectivity index (χ3v) is 3.71. The predicted molar refractivity (Wildman–Crippen MR) is 89.4 cm³/mol. The molecule has 116 valence electrons. The number of nitrogens with one attached hydrogen (secondary N) is 2. The Labute approximate surface area is 139 Å². The average Bonchev–Trinajstić information content (AvgIpc) is 2.99. The van der Waals surface area contributed by atoms with E-state index in [1.54, 1.807) is 12.1 Å². The topological polar surface area (TPSA) is 98.2 Å². The van der Waals surface area contributed by atoms with Gasteiger partial charge < -0.3 is 15.5 Å². The van der Waals surface area contributed by atoms with Crippen molar-refractivity contribution in [3.63, 3.8) is 0 Å². The highest BCUT2D eigenvalue weighted by atomic mass is 79.9. The van der Waals surface area contributed by atoms with E-state index < -0.39 is 0 Å². The van der Waals surface area contributed by atoms with E-state index in [0.717, 1.165) is 4.47 Å². The van der Waals surface area contributed by atoms with Crippen LogP contribution in [-0.2, 0) is 0 Å². The maximum Gasteiger partial charge on any atom is 0.273 e. The number of aromatic amines is 1. The van der Waals surface area contributed by atoms with Gasteiger partial charge in [0, 0.05) is 21.8 Å². The van der Waals surface area contributed by atoms with E-state index in [9.17, 15) is 15.0 Å². The van der Waals surface area contributed by atoms with E-state index in [2.05, 4.69) is 31.4 Å². The molecule has 1 aromatic heterocycles. The van der Waals surface area contributed by atoms with Crippen LogP contribution in [-0.4, -0.2) is 26.3 Å². The third-order valence-electron chi connectivity index (χ3n) is 3.18. The standard InChI is InChI=1S/C16H12BrN3O3/c17-9-1-3-10(4-2-9)18-16(23)14-8-13(19-20-14)12-6-5-11(21)7-15(12)22/h1-8,21-22H,(H,18,23)(H,19,20). The SMILES string of the molecule is O=C(Nc1ccc(Br)cc1)c1cc(-c2ccc(O)cc2O)n[nH]1. The lowest BCUT2D eigenvalue weighted by molar-refractivity contribution is 0.102. The Bertz CT molecular complexity index is 859. The number of anilines is 1. The molecule has 4 N–H and O–H groups in total. The first-order chi connectivity index (χ1) is 11.0. The number of aromatic nitrogens is 2. The molecule has 3 rings (SSSR count). The second kappa shape index (κ2) is 6.13. The van der Waals surface area contributed by atoms with Gasteiger partial charge in [0.1, 0.15) is 17.2 Å². The summed E-state index contributed by atoms with van der Waals surface area (Å²) in [6.45, 7) is 0. The van der Waals surface area contributed by atoms with E-state index in [1.807, 2.05) is 12.1 Å². The van der Waals surface area contributed by atoms with Crippen LogP contribution in [0.5, 0.6) is 11.5 Å². The monoisotopic (exact) mass is 373 g/mol. The largest absolute Gasteiger partial charge is 0.508 e. The molecule has 0 saturated heterocycles. The zero-order valence-corrected chi connectivity index (χ0v) is 13.3. The zero-order valence-electron chi connectivity index (χ0n) is 11.7. The highest BCUT2D eigenvalue weighted by Gasteiger charge is 2.14. The van der Waals surface area contributed by atoms with Crippen molar-refractivity contribution in [2.75, 3.05) is 5.32 Å². The van der Waals surface area contributed by atoms with Crippen LogP contribution in [0.1, 0.15) is 10.5 Å². The first-order valence-electron chi connectivity index (χ1n) is 6.67. The molecule has 0 radical (unpaired) electrons. The lowest BCUT2D eigenvalue weighted by Crippen LogP contribution is -2.12. The summed E-state index contributed by atoms with van der Waals surface area (Å²) >= 11 is 3.33. The number of rotatable bonds is 3. The van der Waals surface area contributed by atoms with E-state index >= 15 is 0 Å². The van der Waals surface area contributed by atoms with Gasteiger partial charge in [-0.3, -0.25) is 9.89 Å². The summed E-state index contributed by atoms with van der Waals surface area (Å²) in [4.78, 5) is 12.2. The van der Waals surface area contributed by atoms with E-state index in [0.29, 0.717) is 16.9 Å². The summed E-state index contributed by atoms with van der Waals surface area (Å²) in [6, 6.07) is 12.9. The van der Waals surface area contributed by atoms with Crippen LogP contribution >= 0.6 is 15.9 Å². The first-order valence-corrected chi connectivity index (χ1v) is 7.47. The number of carbonyl (C=O) groups is 1. The van der Waals surface area contributed by atoms with Crippen LogP contribution in [0, 0.1) is 0 Å². The number of aromatic hydroxyl groups is 2. The van der Waals surface area contributed by atoms with E-state index in [4.69, 9.17) is 0 Å². The Morgan fingerprint density at radius 1 is 1.09 bits per heavy atom. The summed E-state index contributed by atoms with van der Waals surface area (Å²) in [5.41, 5.74) is 1.74. The molecule has 0 aliphatic rings. The maximum absolute atomic E-state index is 12.2. The van der Waals surface area contributed by atoms with Gasteiger partial charge in [-0.15, -0.1) is 0 Å². The molecular weight excluding hydrogens is 362 g/mol. The van der Waals surface area contributed by atoms with Gasteiger partial charge in [0.15, 0.2) is 0 Å². The smallest absolute Gasteiger partial charge is 0.273 e. The molecule has 0 unspecified atom stereocenters. The van der Waals surface area contributed by atoms with Crippen molar-refractivity contribution < 1.29 is 15.0 Å². The minimum Gasteiger partial charge on any atom is -0.508 e. The molecular formula is C16H12BrN3O3. The third kappa shape index (κ3) is 3.35. The van der Waals surface area contributed by atoms with Crippen molar-refractivity contribution >= 4 is 27.5 Å². The molecule has 0 atom stereocenters. The van der Waals surface area contributed by atoms with Crippen LogP contribution < -0.4 is 5.32 Å². The molecule has 0 saturated carbocycles. The van der Waals surface area contributed by atoms with Gasteiger partial charge in [-0.2, -0.15) is 5.10 Å². The number of phenolic OH excluding ortho intramolecular Hbond substituents is 2. The highest BCUT2D eigenvalue weighted by molar-refractivity contribution is 9.10. The number of hydrogen-bond acceptors (Lipinski definition) is 4. The Morgan fingerprint density at radius 3 is 2.52 bits per heavy atom. The molecule has 7 heteroatoms. The highest BCUT2D eigenvalue weighted by Crippen LogP contribution is 2.31. The Morgan fingerprint density at radius 2 is 1.83 bits per heavy atom. The van der Waals surface area contributed by atoms with Crippen LogP contribution in [0.25, 0.3) is 11.3 Å². The fourth-order valence-electron chi connectivity index (χ4n) is 2.04. The minimum atomic E-state index is -0.343. The molecule has 1 amide bonds. The van der Waals surface area contributed by atoms with Crippen LogP contribution in [0.3, 0.4) is 0 Å². The summed E-state index contributed by atoms with van der Waals surface area (Å²) in [7, 11) is 0. The number of hydrogen-bond donors (Lipinski definition) is 4. The van der Waals surface area contributed by atoms with Crippen LogP contribution in [0.2, 0.25) is 0 Å². The number of phenols is 2. The maximum atomic E-state index is 12.2. The number of benzene rings is 2. The fourth-order valence-corrected chi connectivity index (χ4v) is 2.31. The number of carbonyl (C=O) groups excluding carboxylic acids is 1. The van der Waals surface area contributed by atoms with Crippen molar-refractivity contribution in [3.8, 4) is 22.8 Å². The molecule has 0 fully saturated rings. The van der Waals surface area contributed by atoms with Gasteiger partial charge in [0.25, 0.3) is 5.91 Å². The Hall–Kier alpha value is -2.80. The van der Waals surface area contributed by atoms with Gasteiger partial charge in [-0.1, -0.05) is 15.9 Å². The molecule has 1 heterocycles. The second-order valence-electron chi connectivity index (χ2n) is 4.83. The van der Waals surface area contributed by atoms with Crippen molar-refractivity contribution in [1.29, 1.82) is 0 Å². The van der Waals surface area contributed by atoms with Gasteiger partial charge in [0.2, 0.25) is 0 Å². The van der Waals surface area contributed by atoms with Gasteiger partial charge >= 0.3 is 0 Å². The Kier molecular flexibility index (Phi) is 4.03. The number of halogens is 1. The average molecular weight is 374 g/mol. The summed E-state index contributed by atoms with van der Waals surface area (Å²) in [5.74, 6) is -0.504. The van der Waals surface area contributed by atoms with Crippen molar-refractivity contribution in [2.45, 2.75) is 0 Å². The van der Waals surface area contributed by atoms with Crippen LogP contribution in [0.15, 0.2) is 53.0 Å². The lowest BCUT2D eigenvalue weighted by atomic mass is 10.1. The molecule has 0 aliphatic carbocycles. The van der Waals surface area contributed by atoms with Gasteiger partial charge in [-0.25, -0.2) is 0 Å². The normalized spacial score (nSPS) is 10.5. The zero-order chi connectivity index (χ0) is 16.4. The molecule has 2 aromatic carbocycles. The van der Waals surface area contributed by atoms with Crippen molar-refractivity contribution in [2.24, 2.45) is 0 Å². The quantitative estimate of drug-likeness (QED) is 0.564. The van der Waals surface area contributed by atoms with E-state index in [1.165, 1.54) is 24.3 Å². The second-order valence-corrected chi connectivity index (χ2v) is 5.75. The molecule has 0 bridgehead atoms. The van der Waals surface area contributed by atoms with Gasteiger partial charge in [0.05, 0.1) is 5.69 Å². The number of amides is 1. The molecule has 3 aromatic rings. The van der Waals surface area contributed by atoms with Crippen LogP contribution in [0.4, 0.5) is 5.69 Å². The number of H-pyrrole nitrogens is 1. The predicted octanol–water partition coefficient (Wildman–Crippen LogP) is 3.50. The molecule has 0 spiro atoms. The molecule has 0 aliphatic heterocycles.